The van der Waals surface area contributed by atoms with Crippen LogP contribution in [0.3, 0.4) is 0 Å². The SMILES string of the molecule is COc1ccc(Cl)cc1C1CNCCS1. The zero-order chi connectivity index (χ0) is 10.7. The Kier molecular flexibility index (Phi) is 3.78. The van der Waals surface area contributed by atoms with Gasteiger partial charge in [0.1, 0.15) is 5.75 Å². The Balaban J connectivity index is 2.27. The van der Waals surface area contributed by atoms with Crippen LogP contribution in [-0.2, 0) is 0 Å². The third kappa shape index (κ3) is 2.60. The van der Waals surface area contributed by atoms with E-state index in [2.05, 4.69) is 5.32 Å². The van der Waals surface area contributed by atoms with E-state index in [4.69, 9.17) is 16.3 Å². The zero-order valence-electron chi connectivity index (χ0n) is 8.63. The summed E-state index contributed by atoms with van der Waals surface area (Å²) >= 11 is 7.96. The molecule has 1 atom stereocenters. The van der Waals surface area contributed by atoms with Crippen molar-refractivity contribution >= 4 is 23.4 Å². The molecule has 0 spiro atoms. The van der Waals surface area contributed by atoms with E-state index in [0.717, 1.165) is 29.6 Å². The molecule has 0 aliphatic carbocycles. The topological polar surface area (TPSA) is 21.3 Å². The summed E-state index contributed by atoms with van der Waals surface area (Å²) in [4.78, 5) is 0. The molecule has 15 heavy (non-hydrogen) atoms. The van der Waals surface area contributed by atoms with Crippen LogP contribution in [-0.4, -0.2) is 26.0 Å². The quantitative estimate of drug-likeness (QED) is 0.863. The van der Waals surface area contributed by atoms with Crippen molar-refractivity contribution in [3.8, 4) is 5.75 Å². The fraction of sp³-hybridized carbons (Fsp3) is 0.455. The van der Waals surface area contributed by atoms with Crippen molar-refractivity contribution in [2.45, 2.75) is 5.25 Å². The van der Waals surface area contributed by atoms with Gasteiger partial charge in [-0.3, -0.25) is 0 Å². The van der Waals surface area contributed by atoms with Crippen LogP contribution >= 0.6 is 23.4 Å². The van der Waals surface area contributed by atoms with Crippen LogP contribution in [0.4, 0.5) is 0 Å². The van der Waals surface area contributed by atoms with Crippen molar-refractivity contribution in [2.24, 2.45) is 0 Å². The molecule has 0 radical (unpaired) electrons. The molecule has 0 bridgehead atoms. The summed E-state index contributed by atoms with van der Waals surface area (Å²) in [5.74, 6) is 2.07. The van der Waals surface area contributed by atoms with Crippen LogP contribution in [0.5, 0.6) is 5.75 Å². The number of rotatable bonds is 2. The molecule has 0 saturated carbocycles. The van der Waals surface area contributed by atoms with Crippen LogP contribution in [0.25, 0.3) is 0 Å². The third-order valence-electron chi connectivity index (χ3n) is 2.47. The number of thioether (sulfide) groups is 1. The molecule has 2 rings (SSSR count). The first-order valence-corrected chi connectivity index (χ1v) is 6.39. The number of halogens is 1. The van der Waals surface area contributed by atoms with E-state index in [-0.39, 0.29) is 0 Å². The summed E-state index contributed by atoms with van der Waals surface area (Å²) in [6.07, 6.45) is 0. The molecule has 2 nitrogen and oxygen atoms in total. The molecule has 1 aliphatic rings. The molecule has 1 heterocycles. The van der Waals surface area contributed by atoms with E-state index < -0.39 is 0 Å². The van der Waals surface area contributed by atoms with Gasteiger partial charge in [0.25, 0.3) is 0 Å². The van der Waals surface area contributed by atoms with Crippen molar-refractivity contribution in [3.05, 3.63) is 28.8 Å². The smallest absolute Gasteiger partial charge is 0.123 e. The summed E-state index contributed by atoms with van der Waals surface area (Å²) < 4.78 is 5.35. The molecule has 1 aromatic carbocycles. The molecule has 1 saturated heterocycles. The molecular formula is C11H14ClNOS. The van der Waals surface area contributed by atoms with Gasteiger partial charge in [0, 0.05) is 34.7 Å². The van der Waals surface area contributed by atoms with Crippen LogP contribution in [0.15, 0.2) is 18.2 Å². The predicted molar refractivity (Wildman–Crippen MR) is 66.1 cm³/mol. The zero-order valence-corrected chi connectivity index (χ0v) is 10.2. The second kappa shape index (κ2) is 5.10. The van der Waals surface area contributed by atoms with Crippen molar-refractivity contribution in [1.29, 1.82) is 0 Å². The lowest BCUT2D eigenvalue weighted by Gasteiger charge is -2.24. The fourth-order valence-corrected chi connectivity index (χ4v) is 3.05. The lowest BCUT2D eigenvalue weighted by atomic mass is 10.1. The summed E-state index contributed by atoms with van der Waals surface area (Å²) in [5, 5.41) is 4.61. The lowest BCUT2D eigenvalue weighted by molar-refractivity contribution is 0.408. The van der Waals surface area contributed by atoms with E-state index in [1.54, 1.807) is 7.11 Å². The Morgan fingerprint density at radius 2 is 2.40 bits per heavy atom. The monoisotopic (exact) mass is 243 g/mol. The average Bonchev–Trinajstić information content (AvgIpc) is 2.30. The summed E-state index contributed by atoms with van der Waals surface area (Å²) in [6.45, 7) is 2.07. The van der Waals surface area contributed by atoms with Gasteiger partial charge in [-0.2, -0.15) is 11.8 Å². The average molecular weight is 244 g/mol. The van der Waals surface area contributed by atoms with Gasteiger partial charge in [0.15, 0.2) is 0 Å². The van der Waals surface area contributed by atoms with Crippen LogP contribution in [0, 0.1) is 0 Å². The van der Waals surface area contributed by atoms with Crippen molar-refractivity contribution in [2.75, 3.05) is 26.0 Å². The highest BCUT2D eigenvalue weighted by Gasteiger charge is 2.19. The molecule has 82 valence electrons. The number of hydrogen-bond acceptors (Lipinski definition) is 3. The van der Waals surface area contributed by atoms with E-state index in [1.165, 1.54) is 5.56 Å². The second-order valence-corrected chi connectivity index (χ2v) is 5.20. The first-order valence-electron chi connectivity index (χ1n) is 4.97. The summed E-state index contributed by atoms with van der Waals surface area (Å²) in [6, 6.07) is 5.81. The van der Waals surface area contributed by atoms with Crippen molar-refractivity contribution in [1.82, 2.24) is 5.32 Å². The predicted octanol–water partition coefficient (Wildman–Crippen LogP) is 2.73. The molecule has 1 aliphatic heterocycles. The van der Waals surface area contributed by atoms with Gasteiger partial charge in [-0.15, -0.1) is 0 Å². The van der Waals surface area contributed by atoms with Gasteiger partial charge in [0.05, 0.1) is 7.11 Å². The van der Waals surface area contributed by atoms with Crippen LogP contribution in [0.2, 0.25) is 5.02 Å². The first-order chi connectivity index (χ1) is 7.31. The van der Waals surface area contributed by atoms with E-state index in [1.807, 2.05) is 30.0 Å². The van der Waals surface area contributed by atoms with Gasteiger partial charge in [-0.25, -0.2) is 0 Å². The van der Waals surface area contributed by atoms with E-state index >= 15 is 0 Å². The number of hydrogen-bond donors (Lipinski definition) is 1. The maximum Gasteiger partial charge on any atom is 0.123 e. The minimum absolute atomic E-state index is 0.451. The largest absolute Gasteiger partial charge is 0.496 e. The Bertz CT molecular complexity index is 339. The van der Waals surface area contributed by atoms with Crippen molar-refractivity contribution < 1.29 is 4.74 Å². The minimum atomic E-state index is 0.451. The Morgan fingerprint density at radius 3 is 3.07 bits per heavy atom. The molecule has 4 heteroatoms. The Hall–Kier alpha value is -0.380. The third-order valence-corrected chi connectivity index (χ3v) is 3.96. The molecule has 1 aromatic rings. The Labute approximate surface area is 99.3 Å². The first kappa shape index (κ1) is 11.1. The second-order valence-electron chi connectivity index (χ2n) is 3.45. The number of benzene rings is 1. The highest BCUT2D eigenvalue weighted by Crippen LogP contribution is 2.37. The normalized spacial score (nSPS) is 21.3. The van der Waals surface area contributed by atoms with Gasteiger partial charge in [-0.05, 0) is 18.2 Å². The summed E-state index contributed by atoms with van der Waals surface area (Å²) in [5.41, 5.74) is 1.20. The highest BCUT2D eigenvalue weighted by molar-refractivity contribution is 7.99. The maximum atomic E-state index is 6.01. The van der Waals surface area contributed by atoms with Crippen molar-refractivity contribution in [3.63, 3.8) is 0 Å². The van der Waals surface area contributed by atoms with Gasteiger partial charge in [-0.1, -0.05) is 11.6 Å². The number of nitrogens with one attached hydrogen (secondary N) is 1. The number of ether oxygens (including phenoxy) is 1. The summed E-state index contributed by atoms with van der Waals surface area (Å²) in [7, 11) is 1.70. The van der Waals surface area contributed by atoms with Crippen LogP contribution < -0.4 is 10.1 Å². The minimum Gasteiger partial charge on any atom is -0.496 e. The molecule has 1 unspecified atom stereocenters. The fourth-order valence-electron chi connectivity index (χ4n) is 1.72. The Morgan fingerprint density at radius 1 is 1.53 bits per heavy atom. The standard InChI is InChI=1S/C11H14ClNOS/c1-14-10-3-2-8(12)6-9(10)11-7-13-4-5-15-11/h2-3,6,11,13H,4-5,7H2,1H3. The van der Waals surface area contributed by atoms with E-state index in [0.29, 0.717) is 5.25 Å². The molecule has 0 amide bonds. The van der Waals surface area contributed by atoms with Crippen LogP contribution in [0.1, 0.15) is 10.8 Å². The highest BCUT2D eigenvalue weighted by atomic mass is 35.5. The van der Waals surface area contributed by atoms with Gasteiger partial charge >= 0.3 is 0 Å². The lowest BCUT2D eigenvalue weighted by Crippen LogP contribution is -2.28. The maximum absolute atomic E-state index is 6.01. The number of methoxy groups -OCH3 is 1. The molecule has 1 N–H and O–H groups in total. The van der Waals surface area contributed by atoms with E-state index in [9.17, 15) is 0 Å². The molecule has 1 fully saturated rings. The molecular weight excluding hydrogens is 230 g/mol. The van der Waals surface area contributed by atoms with Gasteiger partial charge in [0.2, 0.25) is 0 Å². The van der Waals surface area contributed by atoms with Gasteiger partial charge < -0.3 is 10.1 Å². The molecule has 0 aromatic heterocycles.